The van der Waals surface area contributed by atoms with E-state index in [0.29, 0.717) is 5.69 Å². The van der Waals surface area contributed by atoms with Crippen LogP contribution in [-0.2, 0) is 9.53 Å². The maximum atomic E-state index is 12.9. The van der Waals surface area contributed by atoms with Gasteiger partial charge in [-0.2, -0.15) is 8.78 Å². The number of alkyl halides is 2. The van der Waals surface area contributed by atoms with Crippen LogP contribution in [0.2, 0.25) is 0 Å². The number of para-hydroxylation sites is 1. The summed E-state index contributed by atoms with van der Waals surface area (Å²) < 4.78 is 34.8. The maximum Gasteiger partial charge on any atom is 0.387 e. The number of amides is 2. The zero-order valence-electron chi connectivity index (χ0n) is 16.6. The predicted octanol–water partition coefficient (Wildman–Crippen LogP) is 3.63. The summed E-state index contributed by atoms with van der Waals surface area (Å²) in [5, 5.41) is 2.79. The second-order valence-electron chi connectivity index (χ2n) is 6.39. The van der Waals surface area contributed by atoms with Crippen LogP contribution < -0.4 is 10.1 Å². The summed E-state index contributed by atoms with van der Waals surface area (Å²) >= 11 is 0. The summed E-state index contributed by atoms with van der Waals surface area (Å²) in [6, 6.07) is 11.2. The number of anilines is 1. The number of hydrogen-bond acceptors (Lipinski definition) is 4. The topological polar surface area (TPSA) is 67.9 Å². The van der Waals surface area contributed by atoms with Gasteiger partial charge in [-0.05, 0) is 43.2 Å². The van der Waals surface area contributed by atoms with Crippen LogP contribution in [0.4, 0.5) is 14.5 Å². The molecule has 1 N–H and O–H groups in total. The van der Waals surface area contributed by atoms with E-state index in [1.807, 2.05) is 26.0 Å². The van der Waals surface area contributed by atoms with Gasteiger partial charge in [-0.25, -0.2) is 0 Å². The van der Waals surface area contributed by atoms with Gasteiger partial charge in [0.15, 0.2) is 0 Å². The van der Waals surface area contributed by atoms with E-state index in [9.17, 15) is 18.4 Å². The van der Waals surface area contributed by atoms with Gasteiger partial charge in [0, 0.05) is 19.3 Å². The van der Waals surface area contributed by atoms with E-state index in [0.717, 1.165) is 11.1 Å². The van der Waals surface area contributed by atoms with Gasteiger partial charge in [0.2, 0.25) is 5.91 Å². The first-order valence-electron chi connectivity index (χ1n) is 9.01. The molecule has 2 aromatic rings. The van der Waals surface area contributed by atoms with Gasteiger partial charge >= 0.3 is 6.61 Å². The molecule has 2 amide bonds. The lowest BCUT2D eigenvalue weighted by Crippen LogP contribution is -2.40. The molecule has 8 heteroatoms. The fourth-order valence-electron chi connectivity index (χ4n) is 2.72. The van der Waals surface area contributed by atoms with Crippen molar-refractivity contribution >= 4 is 17.5 Å². The molecule has 0 atom stereocenters. The number of hydrogen-bond donors (Lipinski definition) is 1. The molecule has 0 spiro atoms. The molecule has 0 radical (unpaired) electrons. The zero-order chi connectivity index (χ0) is 21.4. The fraction of sp³-hybridized carbons (Fsp3) is 0.333. The number of aryl methyl sites for hydroxylation is 1. The molecule has 0 unspecified atom stereocenters. The molecule has 0 bridgehead atoms. The Morgan fingerprint density at radius 2 is 1.83 bits per heavy atom. The minimum atomic E-state index is -3.07. The first kappa shape index (κ1) is 22.3. The highest BCUT2D eigenvalue weighted by Gasteiger charge is 2.23. The van der Waals surface area contributed by atoms with Crippen molar-refractivity contribution in [1.82, 2.24) is 4.90 Å². The molecule has 29 heavy (non-hydrogen) atoms. The lowest BCUT2D eigenvalue weighted by molar-refractivity contribution is -0.117. The lowest BCUT2D eigenvalue weighted by Gasteiger charge is -2.23. The molecule has 0 fully saturated rings. The number of ether oxygens (including phenoxy) is 2. The van der Waals surface area contributed by atoms with Crippen LogP contribution in [0.15, 0.2) is 42.5 Å². The van der Waals surface area contributed by atoms with Gasteiger partial charge < -0.3 is 19.7 Å². The number of carbonyl (C=O) groups is 2. The molecule has 6 nitrogen and oxygen atoms in total. The van der Waals surface area contributed by atoms with Crippen molar-refractivity contribution in [2.45, 2.75) is 20.5 Å². The normalized spacial score (nSPS) is 10.7. The van der Waals surface area contributed by atoms with Crippen molar-refractivity contribution in [3.8, 4) is 5.75 Å². The Balaban J connectivity index is 2.19. The van der Waals surface area contributed by atoms with Crippen molar-refractivity contribution in [1.29, 1.82) is 0 Å². The number of rotatable bonds is 9. The molecule has 0 aliphatic rings. The molecule has 2 rings (SSSR count). The number of methoxy groups -OCH3 is 1. The summed E-state index contributed by atoms with van der Waals surface area (Å²) in [6.07, 6.45) is 0. The first-order valence-corrected chi connectivity index (χ1v) is 9.01. The van der Waals surface area contributed by atoms with Crippen molar-refractivity contribution in [3.05, 3.63) is 59.2 Å². The van der Waals surface area contributed by atoms with Crippen molar-refractivity contribution < 1.29 is 27.8 Å². The molecular formula is C21H24F2N2O4. The minimum Gasteiger partial charge on any atom is -0.434 e. The van der Waals surface area contributed by atoms with Crippen LogP contribution in [0, 0.1) is 13.8 Å². The number of nitrogens with one attached hydrogen (secondary N) is 1. The van der Waals surface area contributed by atoms with E-state index in [-0.39, 0.29) is 31.0 Å². The van der Waals surface area contributed by atoms with Crippen LogP contribution in [0.5, 0.6) is 5.75 Å². The van der Waals surface area contributed by atoms with Crippen LogP contribution in [0.1, 0.15) is 21.5 Å². The smallest absolute Gasteiger partial charge is 0.387 e. The molecular weight excluding hydrogens is 382 g/mol. The lowest BCUT2D eigenvalue weighted by atomic mass is 10.1. The zero-order valence-corrected chi connectivity index (χ0v) is 16.6. The van der Waals surface area contributed by atoms with Gasteiger partial charge in [-0.1, -0.05) is 24.3 Å². The molecule has 156 valence electrons. The molecule has 0 aliphatic carbocycles. The Morgan fingerprint density at radius 1 is 1.10 bits per heavy atom. The average Bonchev–Trinajstić information content (AvgIpc) is 2.68. The van der Waals surface area contributed by atoms with E-state index in [4.69, 9.17) is 4.74 Å². The van der Waals surface area contributed by atoms with Crippen molar-refractivity contribution in [3.63, 3.8) is 0 Å². The fourth-order valence-corrected chi connectivity index (χ4v) is 2.72. The molecule has 0 saturated heterocycles. The maximum absolute atomic E-state index is 12.9. The quantitative estimate of drug-likeness (QED) is 0.691. The predicted molar refractivity (Wildman–Crippen MR) is 105 cm³/mol. The van der Waals surface area contributed by atoms with Gasteiger partial charge in [-0.15, -0.1) is 0 Å². The van der Waals surface area contributed by atoms with E-state index < -0.39 is 18.4 Å². The van der Waals surface area contributed by atoms with Crippen LogP contribution >= 0.6 is 0 Å². The molecule has 0 heterocycles. The number of nitrogens with zero attached hydrogens (tertiary/aromatic N) is 1. The Hall–Kier alpha value is -3.00. The monoisotopic (exact) mass is 406 g/mol. The molecule has 0 aromatic heterocycles. The Labute approximate surface area is 168 Å². The van der Waals surface area contributed by atoms with E-state index in [2.05, 4.69) is 10.1 Å². The van der Waals surface area contributed by atoms with Crippen molar-refractivity contribution in [2.75, 3.05) is 32.1 Å². The number of benzene rings is 2. The first-order chi connectivity index (χ1) is 13.8. The number of carbonyl (C=O) groups excluding carboxylic acids is 2. The highest BCUT2D eigenvalue weighted by Crippen LogP contribution is 2.22. The van der Waals surface area contributed by atoms with E-state index in [1.54, 1.807) is 6.07 Å². The highest BCUT2D eigenvalue weighted by molar-refractivity contribution is 6.01. The van der Waals surface area contributed by atoms with Crippen molar-refractivity contribution in [2.24, 2.45) is 0 Å². The summed E-state index contributed by atoms with van der Waals surface area (Å²) in [6.45, 7) is 0.775. The third kappa shape index (κ3) is 6.25. The minimum absolute atomic E-state index is 0.0524. The number of halogens is 2. The van der Waals surface area contributed by atoms with Gasteiger partial charge in [0.05, 0.1) is 12.2 Å². The van der Waals surface area contributed by atoms with Gasteiger partial charge in [0.25, 0.3) is 5.91 Å². The van der Waals surface area contributed by atoms with Gasteiger partial charge in [-0.3, -0.25) is 9.59 Å². The largest absolute Gasteiger partial charge is 0.434 e. The standard InChI is InChI=1S/C21H24F2N2O4/c1-14-7-6-9-17(15(14)2)24-19(26)13-25(11-12-28-3)20(27)16-8-4-5-10-18(16)29-21(22)23/h4-10,21H,11-13H2,1-3H3,(H,24,26). The SMILES string of the molecule is COCCN(CC(=O)Nc1cccc(C)c1C)C(=O)c1ccccc1OC(F)F. The summed E-state index contributed by atoms with van der Waals surface area (Å²) in [5.41, 5.74) is 2.54. The Morgan fingerprint density at radius 3 is 2.52 bits per heavy atom. The Bertz CT molecular complexity index is 858. The molecule has 0 saturated carbocycles. The second kappa shape index (κ2) is 10.5. The summed E-state index contributed by atoms with van der Waals surface area (Å²) in [7, 11) is 1.46. The Kier molecular flexibility index (Phi) is 8.09. The third-order valence-corrected chi connectivity index (χ3v) is 4.40. The summed E-state index contributed by atoms with van der Waals surface area (Å²) in [5.74, 6) is -1.25. The summed E-state index contributed by atoms with van der Waals surface area (Å²) in [4.78, 5) is 26.7. The van der Waals surface area contributed by atoms with Gasteiger partial charge in [0.1, 0.15) is 12.3 Å². The molecule has 2 aromatic carbocycles. The molecule has 0 aliphatic heterocycles. The van der Waals surface area contributed by atoms with E-state index >= 15 is 0 Å². The van der Waals surface area contributed by atoms with Crippen LogP contribution in [-0.4, -0.2) is 50.1 Å². The third-order valence-electron chi connectivity index (χ3n) is 4.40. The highest BCUT2D eigenvalue weighted by atomic mass is 19.3. The average molecular weight is 406 g/mol. The van der Waals surface area contributed by atoms with Crippen LogP contribution in [0.3, 0.4) is 0 Å². The van der Waals surface area contributed by atoms with Crippen LogP contribution in [0.25, 0.3) is 0 Å². The second-order valence-corrected chi connectivity index (χ2v) is 6.39. The van der Waals surface area contributed by atoms with E-state index in [1.165, 1.54) is 36.3 Å².